The van der Waals surface area contributed by atoms with Crippen molar-refractivity contribution in [1.82, 2.24) is 9.88 Å². The summed E-state index contributed by atoms with van der Waals surface area (Å²) in [4.78, 5) is 29.7. The van der Waals surface area contributed by atoms with Crippen LogP contribution in [0, 0.1) is 0 Å². The first-order valence-corrected chi connectivity index (χ1v) is 7.49. The maximum Gasteiger partial charge on any atom is 0.253 e. The highest BCUT2D eigenvalue weighted by molar-refractivity contribution is 5.97. The molecule has 0 aliphatic carbocycles. The standard InChI is InChI=1S/C17H20N2O3/c1-3-6-19(7-4-2)17(21)15-10-13(12-20)9-14(11-15)16-18-5-8-22-16/h5,8-12H,3-4,6-7H2,1-2H3. The first-order valence-electron chi connectivity index (χ1n) is 7.49. The fraction of sp³-hybridized carbons (Fsp3) is 0.353. The summed E-state index contributed by atoms with van der Waals surface area (Å²) < 4.78 is 5.26. The summed E-state index contributed by atoms with van der Waals surface area (Å²) in [6.07, 6.45) is 5.51. The van der Waals surface area contributed by atoms with Crippen LogP contribution in [-0.4, -0.2) is 35.2 Å². The molecule has 0 unspecified atom stereocenters. The molecule has 2 rings (SSSR count). The molecule has 0 aliphatic rings. The monoisotopic (exact) mass is 300 g/mol. The topological polar surface area (TPSA) is 63.4 Å². The van der Waals surface area contributed by atoms with Gasteiger partial charge >= 0.3 is 0 Å². The second-order valence-corrected chi connectivity index (χ2v) is 5.09. The average Bonchev–Trinajstić information content (AvgIpc) is 3.08. The van der Waals surface area contributed by atoms with E-state index < -0.39 is 0 Å². The number of amides is 1. The zero-order valence-electron chi connectivity index (χ0n) is 12.9. The smallest absolute Gasteiger partial charge is 0.253 e. The predicted molar refractivity (Wildman–Crippen MR) is 83.8 cm³/mol. The van der Waals surface area contributed by atoms with Crippen LogP contribution in [0.1, 0.15) is 47.4 Å². The van der Waals surface area contributed by atoms with Crippen LogP contribution in [0.2, 0.25) is 0 Å². The predicted octanol–water partition coefficient (Wildman–Crippen LogP) is 3.42. The van der Waals surface area contributed by atoms with Crippen LogP contribution in [0.3, 0.4) is 0 Å². The lowest BCUT2D eigenvalue weighted by molar-refractivity contribution is 0.0755. The Morgan fingerprint density at radius 2 is 1.95 bits per heavy atom. The summed E-state index contributed by atoms with van der Waals surface area (Å²) in [6.45, 7) is 5.48. The second kappa shape index (κ2) is 7.54. The fourth-order valence-electron chi connectivity index (χ4n) is 2.37. The van der Waals surface area contributed by atoms with Gasteiger partial charge in [-0.15, -0.1) is 0 Å². The SMILES string of the molecule is CCCN(CCC)C(=O)c1cc(C=O)cc(-c2ncco2)c1. The summed E-state index contributed by atoms with van der Waals surface area (Å²) in [5, 5.41) is 0. The third-order valence-corrected chi connectivity index (χ3v) is 3.29. The lowest BCUT2D eigenvalue weighted by atomic mass is 10.0. The van der Waals surface area contributed by atoms with E-state index >= 15 is 0 Å². The molecule has 5 heteroatoms. The minimum Gasteiger partial charge on any atom is -0.445 e. The molecule has 1 aromatic carbocycles. The van der Waals surface area contributed by atoms with Gasteiger partial charge in [0.1, 0.15) is 12.5 Å². The van der Waals surface area contributed by atoms with Crippen molar-refractivity contribution >= 4 is 12.2 Å². The fourth-order valence-corrected chi connectivity index (χ4v) is 2.37. The quantitative estimate of drug-likeness (QED) is 0.735. The van der Waals surface area contributed by atoms with Gasteiger partial charge in [0.15, 0.2) is 0 Å². The Morgan fingerprint density at radius 3 is 2.50 bits per heavy atom. The van der Waals surface area contributed by atoms with Gasteiger partial charge in [-0.2, -0.15) is 0 Å². The molecule has 0 bridgehead atoms. The zero-order chi connectivity index (χ0) is 15.9. The van der Waals surface area contributed by atoms with Crippen molar-refractivity contribution in [2.45, 2.75) is 26.7 Å². The lowest BCUT2D eigenvalue weighted by Gasteiger charge is -2.21. The number of benzene rings is 1. The molecule has 0 spiro atoms. The van der Waals surface area contributed by atoms with Gasteiger partial charge in [-0.25, -0.2) is 4.98 Å². The van der Waals surface area contributed by atoms with Gasteiger partial charge in [0.25, 0.3) is 5.91 Å². The number of oxazole rings is 1. The number of hydrogen-bond donors (Lipinski definition) is 0. The summed E-state index contributed by atoms with van der Waals surface area (Å²) in [6, 6.07) is 5.00. The van der Waals surface area contributed by atoms with E-state index in [2.05, 4.69) is 4.98 Å². The maximum atomic E-state index is 12.7. The van der Waals surface area contributed by atoms with Gasteiger partial charge in [0.2, 0.25) is 5.89 Å². The Labute approximate surface area is 130 Å². The summed E-state index contributed by atoms with van der Waals surface area (Å²) in [5.74, 6) is 0.329. The van der Waals surface area contributed by atoms with E-state index in [9.17, 15) is 9.59 Å². The van der Waals surface area contributed by atoms with Gasteiger partial charge in [-0.1, -0.05) is 13.8 Å². The molecule has 1 amide bonds. The van der Waals surface area contributed by atoms with Crippen LogP contribution < -0.4 is 0 Å². The number of carbonyl (C=O) groups is 2. The summed E-state index contributed by atoms with van der Waals surface area (Å²) in [7, 11) is 0. The van der Waals surface area contributed by atoms with Crippen molar-refractivity contribution in [2.75, 3.05) is 13.1 Å². The van der Waals surface area contributed by atoms with Crippen molar-refractivity contribution in [1.29, 1.82) is 0 Å². The van der Waals surface area contributed by atoms with E-state index in [0.717, 1.165) is 19.1 Å². The molecule has 0 N–H and O–H groups in total. The average molecular weight is 300 g/mol. The molecular weight excluding hydrogens is 280 g/mol. The van der Waals surface area contributed by atoms with Crippen molar-refractivity contribution in [3.8, 4) is 11.5 Å². The molecule has 0 radical (unpaired) electrons. The van der Waals surface area contributed by atoms with E-state index in [1.807, 2.05) is 18.7 Å². The van der Waals surface area contributed by atoms with Crippen LogP contribution in [-0.2, 0) is 0 Å². The number of aromatic nitrogens is 1. The maximum absolute atomic E-state index is 12.7. The van der Waals surface area contributed by atoms with Crippen LogP contribution >= 0.6 is 0 Å². The van der Waals surface area contributed by atoms with Crippen LogP contribution in [0.5, 0.6) is 0 Å². The normalized spacial score (nSPS) is 10.5. The lowest BCUT2D eigenvalue weighted by Crippen LogP contribution is -2.32. The molecule has 116 valence electrons. The Morgan fingerprint density at radius 1 is 1.23 bits per heavy atom. The van der Waals surface area contributed by atoms with Crippen LogP contribution in [0.15, 0.2) is 35.1 Å². The highest BCUT2D eigenvalue weighted by Crippen LogP contribution is 2.21. The number of carbonyl (C=O) groups excluding carboxylic acids is 2. The van der Waals surface area contributed by atoms with Crippen molar-refractivity contribution < 1.29 is 14.0 Å². The van der Waals surface area contributed by atoms with E-state index in [-0.39, 0.29) is 5.91 Å². The molecular formula is C17H20N2O3. The second-order valence-electron chi connectivity index (χ2n) is 5.09. The molecule has 1 aromatic heterocycles. The van der Waals surface area contributed by atoms with E-state index in [1.54, 1.807) is 18.2 Å². The molecule has 2 aromatic rings. The Bertz CT molecular complexity index is 629. The number of nitrogens with zero attached hydrogens (tertiary/aromatic N) is 2. The largest absolute Gasteiger partial charge is 0.445 e. The van der Waals surface area contributed by atoms with Crippen molar-refractivity contribution in [3.05, 3.63) is 41.8 Å². The first-order chi connectivity index (χ1) is 10.7. The summed E-state index contributed by atoms with van der Waals surface area (Å²) >= 11 is 0. The zero-order valence-corrected chi connectivity index (χ0v) is 12.9. The van der Waals surface area contributed by atoms with E-state index in [1.165, 1.54) is 12.5 Å². The Kier molecular flexibility index (Phi) is 5.47. The van der Waals surface area contributed by atoms with Crippen LogP contribution in [0.25, 0.3) is 11.5 Å². The number of aldehydes is 1. The minimum absolute atomic E-state index is 0.0693. The van der Waals surface area contributed by atoms with Crippen molar-refractivity contribution in [3.63, 3.8) is 0 Å². The van der Waals surface area contributed by atoms with Gasteiger partial charge < -0.3 is 9.32 Å². The van der Waals surface area contributed by atoms with E-state index in [0.29, 0.717) is 35.7 Å². The first kappa shape index (κ1) is 15.9. The van der Waals surface area contributed by atoms with Crippen LogP contribution in [0.4, 0.5) is 0 Å². The van der Waals surface area contributed by atoms with Crippen molar-refractivity contribution in [2.24, 2.45) is 0 Å². The summed E-state index contributed by atoms with van der Waals surface area (Å²) in [5.41, 5.74) is 1.55. The molecule has 5 nitrogen and oxygen atoms in total. The molecule has 1 heterocycles. The number of rotatable bonds is 7. The highest BCUT2D eigenvalue weighted by atomic mass is 16.3. The van der Waals surface area contributed by atoms with Gasteiger partial charge in [-0.05, 0) is 31.0 Å². The Balaban J connectivity index is 2.39. The molecule has 0 atom stereocenters. The molecule has 22 heavy (non-hydrogen) atoms. The van der Waals surface area contributed by atoms with Gasteiger partial charge in [0.05, 0.1) is 6.20 Å². The van der Waals surface area contributed by atoms with Gasteiger partial charge in [0, 0.05) is 29.8 Å². The highest BCUT2D eigenvalue weighted by Gasteiger charge is 2.17. The third kappa shape index (κ3) is 3.61. The Hall–Kier alpha value is -2.43. The van der Waals surface area contributed by atoms with E-state index in [4.69, 9.17) is 4.42 Å². The minimum atomic E-state index is -0.0693. The molecule has 0 saturated heterocycles. The number of hydrogen-bond acceptors (Lipinski definition) is 4. The molecule has 0 fully saturated rings. The molecule has 0 aliphatic heterocycles. The molecule has 0 saturated carbocycles. The van der Waals surface area contributed by atoms with Gasteiger partial charge in [-0.3, -0.25) is 9.59 Å². The third-order valence-electron chi connectivity index (χ3n) is 3.29.